The Kier molecular flexibility index (Phi) is 5.03. The van der Waals surface area contributed by atoms with Gasteiger partial charge in [-0.1, -0.05) is 18.2 Å². The van der Waals surface area contributed by atoms with Crippen LogP contribution in [-0.4, -0.2) is 42.4 Å². The number of aromatic nitrogens is 1. The SMILES string of the molecule is [O]c1ccc(N2CCN(Cc3ccccc3OC(F)(F)F)CC2)c2ncsc12. The lowest BCUT2D eigenvalue weighted by molar-refractivity contribution is -0.275. The minimum atomic E-state index is -4.71. The Labute approximate surface area is 163 Å². The first-order chi connectivity index (χ1) is 13.4. The van der Waals surface area contributed by atoms with Crippen molar-refractivity contribution in [2.45, 2.75) is 12.9 Å². The number of halogens is 3. The second-order valence-electron chi connectivity index (χ2n) is 6.53. The Morgan fingerprint density at radius 1 is 1.07 bits per heavy atom. The zero-order valence-corrected chi connectivity index (χ0v) is 15.6. The van der Waals surface area contributed by atoms with Crippen molar-refractivity contribution in [2.75, 3.05) is 31.1 Å². The van der Waals surface area contributed by atoms with E-state index in [9.17, 15) is 18.3 Å². The molecule has 1 saturated heterocycles. The maximum Gasteiger partial charge on any atom is 0.573 e. The van der Waals surface area contributed by atoms with E-state index in [4.69, 9.17) is 0 Å². The molecule has 0 unspecified atom stereocenters. The van der Waals surface area contributed by atoms with Crippen LogP contribution < -0.4 is 9.64 Å². The number of ether oxygens (including phenoxy) is 1. The fourth-order valence-corrected chi connectivity index (χ4v) is 4.13. The summed E-state index contributed by atoms with van der Waals surface area (Å²) in [4.78, 5) is 8.58. The van der Waals surface area contributed by atoms with Crippen molar-refractivity contribution in [3.05, 3.63) is 47.5 Å². The molecular weight excluding hydrogens is 391 g/mol. The molecule has 0 saturated carbocycles. The summed E-state index contributed by atoms with van der Waals surface area (Å²) in [7, 11) is 0. The molecular formula is C19H17F3N3O2S. The van der Waals surface area contributed by atoms with Crippen LogP contribution in [0.1, 0.15) is 5.56 Å². The van der Waals surface area contributed by atoms with E-state index in [0.29, 0.717) is 43.0 Å². The van der Waals surface area contributed by atoms with Gasteiger partial charge >= 0.3 is 6.36 Å². The minimum Gasteiger partial charge on any atom is -0.405 e. The van der Waals surface area contributed by atoms with Gasteiger partial charge in [0, 0.05) is 38.3 Å². The second kappa shape index (κ2) is 7.48. The van der Waals surface area contributed by atoms with Crippen LogP contribution in [-0.2, 0) is 11.7 Å². The van der Waals surface area contributed by atoms with Gasteiger partial charge in [-0.3, -0.25) is 10.0 Å². The Morgan fingerprint density at radius 2 is 1.82 bits per heavy atom. The van der Waals surface area contributed by atoms with Crippen LogP contribution in [0.4, 0.5) is 18.9 Å². The fraction of sp³-hybridized carbons (Fsp3) is 0.316. The number of anilines is 1. The van der Waals surface area contributed by atoms with Crippen molar-refractivity contribution in [2.24, 2.45) is 0 Å². The highest BCUT2D eigenvalue weighted by Gasteiger charge is 2.32. The molecule has 3 aromatic rings. The molecule has 1 radical (unpaired) electrons. The zero-order valence-electron chi connectivity index (χ0n) is 14.8. The summed E-state index contributed by atoms with van der Waals surface area (Å²) >= 11 is 1.33. The van der Waals surface area contributed by atoms with Crippen molar-refractivity contribution in [1.29, 1.82) is 0 Å². The Morgan fingerprint density at radius 3 is 2.57 bits per heavy atom. The van der Waals surface area contributed by atoms with Gasteiger partial charge in [0.1, 0.15) is 16.0 Å². The molecule has 0 bridgehead atoms. The van der Waals surface area contributed by atoms with Crippen LogP contribution in [0.3, 0.4) is 0 Å². The van der Waals surface area contributed by atoms with Crippen LogP contribution in [0.25, 0.3) is 10.2 Å². The first kappa shape index (κ1) is 18.8. The third-order valence-electron chi connectivity index (χ3n) is 4.73. The van der Waals surface area contributed by atoms with E-state index in [1.54, 1.807) is 29.8 Å². The van der Waals surface area contributed by atoms with Gasteiger partial charge in [0.25, 0.3) is 0 Å². The minimum absolute atomic E-state index is 0.0267. The predicted octanol–water partition coefficient (Wildman–Crippen LogP) is 4.66. The molecule has 0 amide bonds. The Balaban J connectivity index is 1.44. The van der Waals surface area contributed by atoms with Crippen LogP contribution in [0.15, 0.2) is 41.9 Å². The summed E-state index contributed by atoms with van der Waals surface area (Å²) in [5, 5.41) is 11.9. The van der Waals surface area contributed by atoms with Crippen LogP contribution in [0.5, 0.6) is 11.5 Å². The number of hydrogen-bond acceptors (Lipinski definition) is 5. The molecule has 28 heavy (non-hydrogen) atoms. The lowest BCUT2D eigenvalue weighted by Gasteiger charge is -2.36. The highest BCUT2D eigenvalue weighted by molar-refractivity contribution is 7.17. The topological polar surface area (TPSA) is 48.5 Å². The summed E-state index contributed by atoms with van der Waals surface area (Å²) in [6.45, 7) is 3.15. The molecule has 2 aromatic carbocycles. The van der Waals surface area contributed by atoms with Crippen molar-refractivity contribution in [1.82, 2.24) is 9.88 Å². The molecule has 5 nitrogen and oxygen atoms in total. The van der Waals surface area contributed by atoms with Gasteiger partial charge in [-0.25, -0.2) is 4.98 Å². The number of para-hydroxylation sites is 1. The van der Waals surface area contributed by atoms with Crippen LogP contribution >= 0.6 is 11.3 Å². The van der Waals surface area contributed by atoms with E-state index >= 15 is 0 Å². The second-order valence-corrected chi connectivity index (χ2v) is 7.39. The summed E-state index contributed by atoms with van der Waals surface area (Å²) in [5.41, 5.74) is 3.82. The Bertz CT molecular complexity index is 968. The maximum absolute atomic E-state index is 12.6. The van der Waals surface area contributed by atoms with Gasteiger partial charge in [0.05, 0.1) is 11.2 Å². The lowest BCUT2D eigenvalue weighted by atomic mass is 10.1. The quantitative estimate of drug-likeness (QED) is 0.630. The van der Waals surface area contributed by atoms with Crippen LogP contribution in [0.2, 0.25) is 0 Å². The molecule has 1 aromatic heterocycles. The summed E-state index contributed by atoms with van der Waals surface area (Å²) in [6, 6.07) is 9.58. The smallest absolute Gasteiger partial charge is 0.405 e. The van der Waals surface area contributed by atoms with Gasteiger partial charge in [-0.2, -0.15) is 0 Å². The number of hydrogen-bond donors (Lipinski definition) is 0. The Hall–Kier alpha value is -2.52. The highest BCUT2D eigenvalue weighted by Crippen LogP contribution is 2.36. The van der Waals surface area contributed by atoms with Gasteiger partial charge in [0.15, 0.2) is 5.75 Å². The maximum atomic E-state index is 12.6. The zero-order chi connectivity index (χ0) is 19.7. The number of benzene rings is 2. The molecule has 1 fully saturated rings. The van der Waals surface area contributed by atoms with Crippen molar-refractivity contribution < 1.29 is 23.0 Å². The van der Waals surface area contributed by atoms with E-state index in [1.807, 2.05) is 0 Å². The molecule has 0 aliphatic carbocycles. The predicted molar refractivity (Wildman–Crippen MR) is 100 cm³/mol. The largest absolute Gasteiger partial charge is 0.573 e. The molecule has 1 aliphatic heterocycles. The summed E-state index contributed by atoms with van der Waals surface area (Å²) in [6.07, 6.45) is -4.71. The summed E-state index contributed by atoms with van der Waals surface area (Å²) in [5.74, 6) is -0.186. The van der Waals surface area contributed by atoms with E-state index in [0.717, 1.165) is 11.2 Å². The third-order valence-corrected chi connectivity index (χ3v) is 5.57. The standard InChI is InChI=1S/C19H17F3N3O2S/c20-19(21,22)27-16-4-2-1-3-13(16)11-24-7-9-25(10-8-24)14-5-6-15(26)18-17(14)23-12-28-18/h1-6,12H,7-11H2. The molecule has 0 N–H and O–H groups in total. The fourth-order valence-electron chi connectivity index (χ4n) is 3.41. The normalized spacial score (nSPS) is 15.9. The molecule has 9 heteroatoms. The molecule has 2 heterocycles. The van der Waals surface area contributed by atoms with Crippen LogP contribution in [0, 0.1) is 0 Å². The first-order valence-corrected chi connectivity index (χ1v) is 9.63. The average Bonchev–Trinajstić information content (AvgIpc) is 3.14. The molecule has 0 atom stereocenters. The molecule has 4 rings (SSSR count). The van der Waals surface area contributed by atoms with E-state index in [1.165, 1.54) is 23.5 Å². The lowest BCUT2D eigenvalue weighted by Crippen LogP contribution is -2.46. The summed E-state index contributed by atoms with van der Waals surface area (Å²) < 4.78 is 42.6. The van der Waals surface area contributed by atoms with E-state index < -0.39 is 6.36 Å². The number of nitrogens with zero attached hydrogens (tertiary/aromatic N) is 3. The van der Waals surface area contributed by atoms with Gasteiger partial charge in [0.2, 0.25) is 0 Å². The van der Waals surface area contributed by atoms with Crippen molar-refractivity contribution in [3.63, 3.8) is 0 Å². The number of alkyl halides is 3. The number of thiazole rings is 1. The molecule has 1 aliphatic rings. The van der Waals surface area contributed by atoms with Gasteiger partial charge in [-0.05, 0) is 18.2 Å². The molecule has 147 valence electrons. The number of rotatable bonds is 4. The molecule has 0 spiro atoms. The monoisotopic (exact) mass is 408 g/mol. The number of piperazine rings is 1. The van der Waals surface area contributed by atoms with E-state index in [2.05, 4.69) is 19.5 Å². The number of fused-ring (bicyclic) bond motifs is 1. The third kappa shape index (κ3) is 4.00. The highest BCUT2D eigenvalue weighted by atomic mass is 32.1. The van der Waals surface area contributed by atoms with Crippen molar-refractivity contribution >= 4 is 27.2 Å². The van der Waals surface area contributed by atoms with Gasteiger partial charge in [-0.15, -0.1) is 24.5 Å². The van der Waals surface area contributed by atoms with E-state index in [-0.39, 0.29) is 11.5 Å². The first-order valence-electron chi connectivity index (χ1n) is 8.75. The van der Waals surface area contributed by atoms with Crippen molar-refractivity contribution in [3.8, 4) is 11.5 Å². The average molecular weight is 408 g/mol. The van der Waals surface area contributed by atoms with Gasteiger partial charge < -0.3 is 9.64 Å².